The van der Waals surface area contributed by atoms with Crippen LogP contribution in [-0.2, 0) is 11.3 Å². The van der Waals surface area contributed by atoms with Gasteiger partial charge in [0.1, 0.15) is 0 Å². The van der Waals surface area contributed by atoms with Crippen LogP contribution in [-0.4, -0.2) is 43.7 Å². The van der Waals surface area contributed by atoms with Crippen LogP contribution >= 0.6 is 11.8 Å². The monoisotopic (exact) mass is 296 g/mol. The SMILES string of the molecule is COCc1ccc(C(CN)N(C)C(C)CCSC)cc1. The number of benzene rings is 1. The zero-order valence-corrected chi connectivity index (χ0v) is 14.0. The van der Waals surface area contributed by atoms with Crippen LogP contribution in [0.3, 0.4) is 0 Å². The number of nitrogens with zero attached hydrogens (tertiary/aromatic N) is 1. The van der Waals surface area contributed by atoms with Crippen LogP contribution in [0.4, 0.5) is 0 Å². The van der Waals surface area contributed by atoms with Gasteiger partial charge >= 0.3 is 0 Å². The van der Waals surface area contributed by atoms with Gasteiger partial charge in [-0.25, -0.2) is 0 Å². The predicted octanol–water partition coefficient (Wildman–Crippen LogP) is 2.91. The Morgan fingerprint density at radius 2 is 1.95 bits per heavy atom. The lowest BCUT2D eigenvalue weighted by Crippen LogP contribution is -2.37. The van der Waals surface area contributed by atoms with E-state index >= 15 is 0 Å². The summed E-state index contributed by atoms with van der Waals surface area (Å²) in [4.78, 5) is 2.39. The number of hydrogen-bond donors (Lipinski definition) is 1. The molecule has 1 aromatic rings. The third-order valence-electron chi connectivity index (χ3n) is 3.83. The Balaban J connectivity index is 2.73. The fourth-order valence-corrected chi connectivity index (χ4v) is 2.92. The molecule has 0 saturated carbocycles. The van der Waals surface area contributed by atoms with Crippen LogP contribution < -0.4 is 5.73 Å². The molecule has 0 aliphatic heterocycles. The number of thioether (sulfide) groups is 1. The zero-order chi connectivity index (χ0) is 15.0. The van der Waals surface area contributed by atoms with E-state index < -0.39 is 0 Å². The van der Waals surface area contributed by atoms with Gasteiger partial charge in [-0.3, -0.25) is 4.90 Å². The van der Waals surface area contributed by atoms with Gasteiger partial charge in [0.25, 0.3) is 0 Å². The number of likely N-dealkylation sites (N-methyl/N-ethyl adjacent to an activating group) is 1. The van der Waals surface area contributed by atoms with Crippen molar-refractivity contribution in [3.8, 4) is 0 Å². The average Bonchev–Trinajstić information content (AvgIpc) is 2.47. The molecule has 0 bridgehead atoms. The lowest BCUT2D eigenvalue weighted by Gasteiger charge is -2.33. The van der Waals surface area contributed by atoms with Gasteiger partial charge in [0.05, 0.1) is 6.61 Å². The van der Waals surface area contributed by atoms with Crippen LogP contribution in [0.5, 0.6) is 0 Å². The minimum Gasteiger partial charge on any atom is -0.380 e. The minimum atomic E-state index is 0.281. The standard InChI is InChI=1S/C16H28N2OS/c1-13(9-10-20-4)18(2)16(11-17)15-7-5-14(6-8-15)12-19-3/h5-8,13,16H,9-12,17H2,1-4H3. The molecular formula is C16H28N2OS. The van der Waals surface area contributed by atoms with Crippen LogP contribution in [0.1, 0.15) is 30.5 Å². The summed E-state index contributed by atoms with van der Waals surface area (Å²) in [6.07, 6.45) is 3.34. The number of hydrogen-bond acceptors (Lipinski definition) is 4. The first-order valence-corrected chi connectivity index (χ1v) is 8.52. The van der Waals surface area contributed by atoms with Crippen LogP contribution in [0.15, 0.2) is 24.3 Å². The summed E-state index contributed by atoms with van der Waals surface area (Å²) in [5.41, 5.74) is 8.48. The molecule has 0 fully saturated rings. The van der Waals surface area contributed by atoms with Crippen molar-refractivity contribution in [1.29, 1.82) is 0 Å². The molecule has 1 rings (SSSR count). The molecule has 0 radical (unpaired) electrons. The number of nitrogens with two attached hydrogens (primary N) is 1. The average molecular weight is 296 g/mol. The van der Waals surface area contributed by atoms with E-state index in [9.17, 15) is 0 Å². The van der Waals surface area contributed by atoms with E-state index in [2.05, 4.69) is 49.4 Å². The van der Waals surface area contributed by atoms with Crippen molar-refractivity contribution in [3.05, 3.63) is 35.4 Å². The summed E-state index contributed by atoms with van der Waals surface area (Å²) in [5, 5.41) is 0. The molecule has 2 N–H and O–H groups in total. The third kappa shape index (κ3) is 5.09. The second kappa shape index (κ2) is 9.40. The van der Waals surface area contributed by atoms with E-state index in [1.165, 1.54) is 23.3 Å². The maximum absolute atomic E-state index is 6.00. The molecule has 0 amide bonds. The summed E-state index contributed by atoms with van der Waals surface area (Å²) < 4.78 is 5.15. The summed E-state index contributed by atoms with van der Waals surface area (Å²) in [5.74, 6) is 1.19. The minimum absolute atomic E-state index is 0.281. The van der Waals surface area contributed by atoms with Gasteiger partial charge in [-0.1, -0.05) is 24.3 Å². The third-order valence-corrected chi connectivity index (χ3v) is 4.47. The van der Waals surface area contributed by atoms with Crippen LogP contribution in [0.2, 0.25) is 0 Å². The van der Waals surface area contributed by atoms with E-state index in [-0.39, 0.29) is 6.04 Å². The Hall–Kier alpha value is -0.550. The Bertz CT molecular complexity index is 369. The van der Waals surface area contributed by atoms with E-state index in [0.29, 0.717) is 19.2 Å². The van der Waals surface area contributed by atoms with Gasteiger partial charge in [0.2, 0.25) is 0 Å². The molecule has 0 saturated heterocycles. The number of rotatable bonds is 9. The summed E-state index contributed by atoms with van der Waals surface area (Å²) in [6, 6.07) is 9.41. The molecule has 114 valence electrons. The molecule has 0 heterocycles. The smallest absolute Gasteiger partial charge is 0.0713 e. The fraction of sp³-hybridized carbons (Fsp3) is 0.625. The molecule has 0 aliphatic rings. The van der Waals surface area contributed by atoms with Crippen LogP contribution in [0.25, 0.3) is 0 Å². The van der Waals surface area contributed by atoms with Gasteiger partial charge in [0.15, 0.2) is 0 Å². The zero-order valence-electron chi connectivity index (χ0n) is 13.1. The van der Waals surface area contributed by atoms with Crippen molar-refractivity contribution in [2.75, 3.05) is 32.7 Å². The fourth-order valence-electron chi connectivity index (χ4n) is 2.34. The molecule has 20 heavy (non-hydrogen) atoms. The Morgan fingerprint density at radius 3 is 2.45 bits per heavy atom. The second-order valence-corrected chi connectivity index (χ2v) is 6.21. The largest absolute Gasteiger partial charge is 0.380 e. The van der Waals surface area contributed by atoms with Gasteiger partial charge in [-0.15, -0.1) is 0 Å². The maximum atomic E-state index is 6.00. The summed E-state index contributed by atoms with van der Waals surface area (Å²) >= 11 is 1.90. The van der Waals surface area contributed by atoms with Crippen molar-refractivity contribution in [3.63, 3.8) is 0 Å². The van der Waals surface area contributed by atoms with E-state index in [1.54, 1.807) is 7.11 Å². The molecule has 2 unspecified atom stereocenters. The van der Waals surface area contributed by atoms with Crippen molar-refractivity contribution >= 4 is 11.8 Å². The maximum Gasteiger partial charge on any atom is 0.0713 e. The van der Waals surface area contributed by atoms with E-state index in [4.69, 9.17) is 10.5 Å². The molecule has 0 aromatic heterocycles. The lowest BCUT2D eigenvalue weighted by molar-refractivity contribution is 0.183. The summed E-state index contributed by atoms with van der Waals surface area (Å²) in [6.45, 7) is 3.58. The molecule has 0 aliphatic carbocycles. The Kier molecular flexibility index (Phi) is 8.22. The van der Waals surface area contributed by atoms with Gasteiger partial charge in [0, 0.05) is 25.7 Å². The highest BCUT2D eigenvalue weighted by molar-refractivity contribution is 7.98. The summed E-state index contributed by atoms with van der Waals surface area (Å²) in [7, 11) is 3.89. The lowest BCUT2D eigenvalue weighted by atomic mass is 10.0. The normalized spacial score (nSPS) is 14.5. The topological polar surface area (TPSA) is 38.5 Å². The van der Waals surface area contributed by atoms with Crippen molar-refractivity contribution in [2.45, 2.75) is 32.0 Å². The van der Waals surface area contributed by atoms with Crippen LogP contribution in [0, 0.1) is 0 Å². The first kappa shape index (κ1) is 17.5. The quantitative estimate of drug-likeness (QED) is 0.760. The molecule has 2 atom stereocenters. The van der Waals surface area contributed by atoms with E-state index in [1.807, 2.05) is 11.8 Å². The van der Waals surface area contributed by atoms with Gasteiger partial charge in [-0.05, 0) is 43.5 Å². The molecular weight excluding hydrogens is 268 g/mol. The second-order valence-electron chi connectivity index (χ2n) is 5.22. The van der Waals surface area contributed by atoms with Gasteiger partial charge in [-0.2, -0.15) is 11.8 Å². The highest BCUT2D eigenvalue weighted by Crippen LogP contribution is 2.22. The molecule has 1 aromatic carbocycles. The molecule has 4 heteroatoms. The predicted molar refractivity (Wildman–Crippen MR) is 89.2 cm³/mol. The first-order chi connectivity index (χ1) is 9.63. The van der Waals surface area contributed by atoms with Gasteiger partial charge < -0.3 is 10.5 Å². The highest BCUT2D eigenvalue weighted by atomic mass is 32.2. The number of methoxy groups -OCH3 is 1. The molecule has 3 nitrogen and oxygen atoms in total. The van der Waals surface area contributed by atoms with Crippen molar-refractivity contribution < 1.29 is 4.74 Å². The number of ether oxygens (including phenoxy) is 1. The molecule has 0 spiro atoms. The van der Waals surface area contributed by atoms with E-state index in [0.717, 1.165) is 0 Å². The Labute approximate surface area is 127 Å². The highest BCUT2D eigenvalue weighted by Gasteiger charge is 2.19. The van der Waals surface area contributed by atoms with Crippen molar-refractivity contribution in [1.82, 2.24) is 4.90 Å². The Morgan fingerprint density at radius 1 is 1.30 bits per heavy atom. The first-order valence-electron chi connectivity index (χ1n) is 7.12. The van der Waals surface area contributed by atoms with Crippen molar-refractivity contribution in [2.24, 2.45) is 5.73 Å².